The van der Waals surface area contributed by atoms with Crippen molar-refractivity contribution in [3.8, 4) is 11.5 Å². The Labute approximate surface area is 92.2 Å². The van der Waals surface area contributed by atoms with Crippen molar-refractivity contribution in [1.29, 1.82) is 0 Å². The molecule has 0 bridgehead atoms. The standard InChI is InChI=1S/C10H12N2O4/c1-2-16-10(15)12-11-6-7-3-4-8(13)5-9(7)14/h3-6,13-14H,2H2,1H3,(H,12,15)/b11-6-. The summed E-state index contributed by atoms with van der Waals surface area (Å²) in [6.45, 7) is 1.93. The van der Waals surface area contributed by atoms with Gasteiger partial charge in [-0.15, -0.1) is 0 Å². The van der Waals surface area contributed by atoms with E-state index in [-0.39, 0.29) is 18.1 Å². The molecule has 1 aromatic carbocycles. The second-order valence-electron chi connectivity index (χ2n) is 2.83. The van der Waals surface area contributed by atoms with Gasteiger partial charge >= 0.3 is 6.09 Å². The monoisotopic (exact) mass is 224 g/mol. The van der Waals surface area contributed by atoms with Gasteiger partial charge in [-0.1, -0.05) is 0 Å². The normalized spacial score (nSPS) is 10.3. The van der Waals surface area contributed by atoms with Crippen LogP contribution in [0.1, 0.15) is 12.5 Å². The average molecular weight is 224 g/mol. The summed E-state index contributed by atoms with van der Waals surface area (Å²) in [4.78, 5) is 10.8. The molecule has 1 aromatic rings. The summed E-state index contributed by atoms with van der Waals surface area (Å²) in [5.41, 5.74) is 2.48. The van der Waals surface area contributed by atoms with Crippen molar-refractivity contribution < 1.29 is 19.7 Å². The molecule has 0 saturated heterocycles. The van der Waals surface area contributed by atoms with Gasteiger partial charge in [-0.05, 0) is 19.1 Å². The lowest BCUT2D eigenvalue weighted by Crippen LogP contribution is -2.18. The van der Waals surface area contributed by atoms with Crippen LogP contribution in [0.3, 0.4) is 0 Å². The highest BCUT2D eigenvalue weighted by Crippen LogP contribution is 2.20. The van der Waals surface area contributed by atoms with Crippen molar-refractivity contribution in [3.05, 3.63) is 23.8 Å². The number of hydrogen-bond donors (Lipinski definition) is 3. The lowest BCUT2D eigenvalue weighted by atomic mass is 10.2. The number of phenolic OH excluding ortho intramolecular Hbond substituents is 2. The zero-order valence-electron chi connectivity index (χ0n) is 8.67. The smallest absolute Gasteiger partial charge is 0.427 e. The SMILES string of the molecule is CCOC(=O)N/N=C\c1ccc(O)cc1O. The minimum absolute atomic E-state index is 0.0481. The molecule has 0 atom stereocenters. The molecule has 16 heavy (non-hydrogen) atoms. The number of hydrazone groups is 1. The van der Waals surface area contributed by atoms with E-state index < -0.39 is 6.09 Å². The van der Waals surface area contributed by atoms with Gasteiger partial charge in [0.15, 0.2) is 0 Å². The Hall–Kier alpha value is -2.24. The van der Waals surface area contributed by atoms with Crippen LogP contribution in [0.15, 0.2) is 23.3 Å². The van der Waals surface area contributed by atoms with Crippen LogP contribution in [0.5, 0.6) is 11.5 Å². The van der Waals surface area contributed by atoms with Gasteiger partial charge in [-0.25, -0.2) is 10.2 Å². The van der Waals surface area contributed by atoms with E-state index in [1.165, 1.54) is 24.4 Å². The van der Waals surface area contributed by atoms with Crippen molar-refractivity contribution in [2.24, 2.45) is 5.10 Å². The Balaban J connectivity index is 2.59. The third kappa shape index (κ3) is 3.49. The van der Waals surface area contributed by atoms with Crippen LogP contribution in [-0.4, -0.2) is 29.1 Å². The topological polar surface area (TPSA) is 91.2 Å². The number of nitrogens with one attached hydrogen (secondary N) is 1. The van der Waals surface area contributed by atoms with Gasteiger partial charge in [0.2, 0.25) is 0 Å². The number of nitrogens with zero attached hydrogens (tertiary/aromatic N) is 1. The Kier molecular flexibility index (Phi) is 4.14. The molecule has 0 aliphatic rings. The van der Waals surface area contributed by atoms with Crippen molar-refractivity contribution in [1.82, 2.24) is 5.43 Å². The molecule has 3 N–H and O–H groups in total. The van der Waals surface area contributed by atoms with E-state index in [0.29, 0.717) is 5.56 Å². The maximum absolute atomic E-state index is 10.8. The van der Waals surface area contributed by atoms with E-state index in [9.17, 15) is 9.90 Å². The van der Waals surface area contributed by atoms with E-state index >= 15 is 0 Å². The molecule has 6 heteroatoms. The van der Waals surface area contributed by atoms with Crippen LogP contribution < -0.4 is 5.43 Å². The summed E-state index contributed by atoms with van der Waals surface area (Å²) >= 11 is 0. The lowest BCUT2D eigenvalue weighted by molar-refractivity contribution is 0.152. The Morgan fingerprint density at radius 3 is 2.94 bits per heavy atom. The van der Waals surface area contributed by atoms with Gasteiger partial charge in [-0.2, -0.15) is 5.10 Å². The van der Waals surface area contributed by atoms with Gasteiger partial charge in [0.25, 0.3) is 0 Å². The Morgan fingerprint density at radius 2 is 2.31 bits per heavy atom. The fourth-order valence-corrected chi connectivity index (χ4v) is 0.959. The summed E-state index contributed by atoms with van der Waals surface area (Å²) in [6.07, 6.45) is 0.572. The van der Waals surface area contributed by atoms with Crippen LogP contribution in [0.4, 0.5) is 4.79 Å². The summed E-state index contributed by atoms with van der Waals surface area (Å²) in [5, 5.41) is 22.0. The number of rotatable bonds is 3. The van der Waals surface area contributed by atoms with Gasteiger partial charge in [-0.3, -0.25) is 0 Å². The van der Waals surface area contributed by atoms with Crippen LogP contribution in [0.25, 0.3) is 0 Å². The van der Waals surface area contributed by atoms with Gasteiger partial charge < -0.3 is 14.9 Å². The molecule has 0 unspecified atom stereocenters. The van der Waals surface area contributed by atoms with Crippen molar-refractivity contribution >= 4 is 12.3 Å². The average Bonchev–Trinajstić information content (AvgIpc) is 2.22. The highest BCUT2D eigenvalue weighted by molar-refractivity contribution is 5.84. The minimum atomic E-state index is -0.669. The molecule has 6 nitrogen and oxygen atoms in total. The maximum atomic E-state index is 10.8. The number of carbonyl (C=O) groups is 1. The van der Waals surface area contributed by atoms with Crippen molar-refractivity contribution in [3.63, 3.8) is 0 Å². The zero-order chi connectivity index (χ0) is 12.0. The van der Waals surface area contributed by atoms with Crippen LogP contribution in [-0.2, 0) is 4.74 Å². The van der Waals surface area contributed by atoms with E-state index in [4.69, 9.17) is 5.11 Å². The predicted molar refractivity (Wildman–Crippen MR) is 57.5 cm³/mol. The zero-order valence-corrected chi connectivity index (χ0v) is 8.67. The lowest BCUT2D eigenvalue weighted by Gasteiger charge is -2.00. The van der Waals surface area contributed by atoms with Crippen LogP contribution >= 0.6 is 0 Å². The minimum Gasteiger partial charge on any atom is -0.508 e. The molecule has 1 amide bonds. The molecule has 86 valence electrons. The van der Waals surface area contributed by atoms with Crippen molar-refractivity contribution in [2.45, 2.75) is 6.92 Å². The quantitative estimate of drug-likeness (QED) is 0.531. The third-order valence-corrected chi connectivity index (χ3v) is 1.65. The molecular weight excluding hydrogens is 212 g/mol. The fourth-order valence-electron chi connectivity index (χ4n) is 0.959. The first-order valence-corrected chi connectivity index (χ1v) is 4.61. The van der Waals surface area contributed by atoms with E-state index in [2.05, 4.69) is 15.3 Å². The predicted octanol–water partition coefficient (Wildman–Crippen LogP) is 1.18. The fraction of sp³-hybridized carbons (Fsp3) is 0.200. The molecule has 0 aliphatic carbocycles. The number of amides is 1. The largest absolute Gasteiger partial charge is 0.508 e. The second kappa shape index (κ2) is 5.59. The molecule has 0 heterocycles. The number of benzene rings is 1. The van der Waals surface area contributed by atoms with E-state index in [1.54, 1.807) is 6.92 Å². The van der Waals surface area contributed by atoms with Gasteiger partial charge in [0, 0.05) is 11.6 Å². The van der Waals surface area contributed by atoms with E-state index in [1.807, 2.05) is 0 Å². The number of aromatic hydroxyl groups is 2. The first-order valence-electron chi connectivity index (χ1n) is 4.61. The first-order chi connectivity index (χ1) is 7.63. The molecule has 0 saturated carbocycles. The van der Waals surface area contributed by atoms with E-state index in [0.717, 1.165) is 0 Å². The highest BCUT2D eigenvalue weighted by atomic mass is 16.5. The van der Waals surface area contributed by atoms with Crippen molar-refractivity contribution in [2.75, 3.05) is 6.61 Å². The Bertz CT molecular complexity index is 404. The third-order valence-electron chi connectivity index (χ3n) is 1.65. The summed E-state index contributed by atoms with van der Waals surface area (Å²) < 4.78 is 4.56. The first kappa shape index (κ1) is 11.8. The number of phenols is 2. The number of ether oxygens (including phenoxy) is 1. The molecule has 0 aliphatic heterocycles. The number of hydrogen-bond acceptors (Lipinski definition) is 5. The summed E-state index contributed by atoms with van der Waals surface area (Å²) in [7, 11) is 0. The molecule has 0 aromatic heterocycles. The Morgan fingerprint density at radius 1 is 1.56 bits per heavy atom. The van der Waals surface area contributed by atoms with Gasteiger partial charge in [0.1, 0.15) is 11.5 Å². The van der Waals surface area contributed by atoms with Gasteiger partial charge in [0.05, 0.1) is 12.8 Å². The second-order valence-corrected chi connectivity index (χ2v) is 2.83. The van der Waals surface area contributed by atoms with Crippen LogP contribution in [0.2, 0.25) is 0 Å². The summed E-state index contributed by atoms with van der Waals surface area (Å²) in [5.74, 6) is -0.178. The molecule has 0 radical (unpaired) electrons. The number of carbonyl (C=O) groups excluding carboxylic acids is 1. The molecule has 0 fully saturated rings. The van der Waals surface area contributed by atoms with Crippen LogP contribution in [0, 0.1) is 0 Å². The highest BCUT2D eigenvalue weighted by Gasteiger charge is 2.00. The molecular formula is C10H12N2O4. The maximum Gasteiger partial charge on any atom is 0.427 e. The summed E-state index contributed by atoms with van der Waals surface area (Å²) in [6, 6.07) is 4.03. The molecule has 1 rings (SSSR count). The molecule has 0 spiro atoms.